The molecule has 3 heterocycles. The first-order valence-corrected chi connectivity index (χ1v) is 10.7. The number of aromatic amines is 1. The van der Waals surface area contributed by atoms with Crippen LogP contribution in [0.2, 0.25) is 5.02 Å². The zero-order valence-electron chi connectivity index (χ0n) is 16.0. The molecule has 4 rings (SSSR count). The molecule has 3 aromatic rings. The van der Waals surface area contributed by atoms with Crippen LogP contribution in [0, 0.1) is 19.7 Å². The largest absolute Gasteiger partial charge is 0.322 e. The molecule has 148 valence electrons. The number of piperazine rings is 1. The second-order valence-electron chi connectivity index (χ2n) is 7.53. The molecule has 1 fully saturated rings. The van der Waals surface area contributed by atoms with Crippen molar-refractivity contribution in [2.45, 2.75) is 26.9 Å². The highest BCUT2D eigenvalue weighted by Gasteiger charge is 2.26. The Hall–Kier alpha value is -1.80. The molecule has 1 aliphatic rings. The van der Waals surface area contributed by atoms with Gasteiger partial charge in [-0.3, -0.25) is 4.79 Å². The van der Waals surface area contributed by atoms with Crippen LogP contribution in [0.1, 0.15) is 21.8 Å². The molecule has 1 aliphatic heterocycles. The SMILES string of the molecule is Cc1sc2nc(C[NH+]3CC[NH+](Cc4c(F)cccc4Cl)CC3)[nH]c(=O)c2c1C. The minimum Gasteiger partial charge on any atom is -0.322 e. The Morgan fingerprint density at radius 1 is 1.18 bits per heavy atom. The third-order valence-electron chi connectivity index (χ3n) is 5.66. The number of rotatable bonds is 4. The van der Waals surface area contributed by atoms with E-state index in [1.54, 1.807) is 23.5 Å². The van der Waals surface area contributed by atoms with Gasteiger partial charge in [-0.2, -0.15) is 0 Å². The lowest BCUT2D eigenvalue weighted by Gasteiger charge is -2.29. The quantitative estimate of drug-likeness (QED) is 0.584. The van der Waals surface area contributed by atoms with Gasteiger partial charge in [0, 0.05) is 4.88 Å². The molecule has 1 saturated heterocycles. The van der Waals surface area contributed by atoms with E-state index in [1.165, 1.54) is 15.9 Å². The molecular weight excluding hydrogens is 399 g/mol. The van der Waals surface area contributed by atoms with Crippen LogP contribution in [0.3, 0.4) is 0 Å². The van der Waals surface area contributed by atoms with Gasteiger partial charge in [-0.25, -0.2) is 9.37 Å². The molecule has 28 heavy (non-hydrogen) atoms. The zero-order valence-corrected chi connectivity index (χ0v) is 17.6. The van der Waals surface area contributed by atoms with E-state index in [1.807, 2.05) is 13.8 Å². The van der Waals surface area contributed by atoms with E-state index in [0.717, 1.165) is 52.7 Å². The Kier molecular flexibility index (Phi) is 5.51. The molecule has 0 saturated carbocycles. The molecule has 0 radical (unpaired) electrons. The second kappa shape index (κ2) is 7.91. The Morgan fingerprint density at radius 3 is 2.54 bits per heavy atom. The van der Waals surface area contributed by atoms with Gasteiger partial charge in [-0.05, 0) is 31.5 Å². The number of benzene rings is 1. The third-order valence-corrected chi connectivity index (χ3v) is 7.11. The molecule has 8 heteroatoms. The monoisotopic (exact) mass is 422 g/mol. The number of thiophene rings is 1. The number of H-pyrrole nitrogens is 1. The fourth-order valence-corrected chi connectivity index (χ4v) is 5.16. The molecule has 0 unspecified atom stereocenters. The van der Waals surface area contributed by atoms with Crippen molar-refractivity contribution in [3.8, 4) is 0 Å². The van der Waals surface area contributed by atoms with Gasteiger partial charge in [0.25, 0.3) is 5.56 Å². The minimum atomic E-state index is -0.230. The first-order chi connectivity index (χ1) is 13.4. The van der Waals surface area contributed by atoms with Crippen molar-refractivity contribution < 1.29 is 14.2 Å². The second-order valence-corrected chi connectivity index (χ2v) is 9.14. The summed E-state index contributed by atoms with van der Waals surface area (Å²) in [6.45, 7) is 9.07. The van der Waals surface area contributed by atoms with Crippen LogP contribution in [-0.4, -0.2) is 36.1 Å². The topological polar surface area (TPSA) is 54.6 Å². The fourth-order valence-electron chi connectivity index (χ4n) is 3.88. The summed E-state index contributed by atoms with van der Waals surface area (Å²) in [5, 5.41) is 1.22. The number of aryl methyl sites for hydroxylation is 2. The van der Waals surface area contributed by atoms with Crippen molar-refractivity contribution in [1.29, 1.82) is 0 Å². The van der Waals surface area contributed by atoms with E-state index in [4.69, 9.17) is 16.6 Å². The summed E-state index contributed by atoms with van der Waals surface area (Å²) in [7, 11) is 0. The maximum atomic E-state index is 14.0. The van der Waals surface area contributed by atoms with Crippen LogP contribution in [0.4, 0.5) is 4.39 Å². The number of nitrogens with one attached hydrogen (secondary N) is 3. The summed E-state index contributed by atoms with van der Waals surface area (Å²) in [6, 6.07) is 4.85. The summed E-state index contributed by atoms with van der Waals surface area (Å²) < 4.78 is 14.0. The molecule has 3 N–H and O–H groups in total. The highest BCUT2D eigenvalue weighted by Crippen LogP contribution is 2.25. The van der Waals surface area contributed by atoms with E-state index in [0.29, 0.717) is 23.7 Å². The first-order valence-electron chi connectivity index (χ1n) is 9.51. The maximum absolute atomic E-state index is 14.0. The van der Waals surface area contributed by atoms with Gasteiger partial charge in [0.2, 0.25) is 0 Å². The highest BCUT2D eigenvalue weighted by molar-refractivity contribution is 7.18. The van der Waals surface area contributed by atoms with Crippen molar-refractivity contribution in [1.82, 2.24) is 9.97 Å². The van der Waals surface area contributed by atoms with Crippen molar-refractivity contribution in [3.05, 3.63) is 61.2 Å². The molecule has 5 nitrogen and oxygen atoms in total. The number of hydrogen-bond donors (Lipinski definition) is 3. The van der Waals surface area contributed by atoms with Crippen molar-refractivity contribution in [3.63, 3.8) is 0 Å². The van der Waals surface area contributed by atoms with Crippen LogP contribution < -0.4 is 15.4 Å². The Balaban J connectivity index is 1.41. The number of aromatic nitrogens is 2. The lowest BCUT2D eigenvalue weighted by molar-refractivity contribution is -1.02. The predicted octanol–water partition coefficient (Wildman–Crippen LogP) is 0.878. The Bertz CT molecular complexity index is 1050. The predicted molar refractivity (Wildman–Crippen MR) is 110 cm³/mol. The van der Waals surface area contributed by atoms with Crippen LogP contribution in [0.5, 0.6) is 0 Å². The van der Waals surface area contributed by atoms with Gasteiger partial charge in [0.1, 0.15) is 49.9 Å². The lowest BCUT2D eigenvalue weighted by atomic mass is 10.2. The van der Waals surface area contributed by atoms with E-state index < -0.39 is 0 Å². The standard InChI is InChI=1S/C20H22ClFN4OS/c1-12-13(2)28-20-18(12)19(27)23-17(24-20)11-26-8-6-25(7-9-26)10-14-15(21)4-3-5-16(14)22/h3-5H,6-11H2,1-2H3,(H,23,24,27)/p+2. The van der Waals surface area contributed by atoms with Gasteiger partial charge in [0.15, 0.2) is 5.82 Å². The van der Waals surface area contributed by atoms with E-state index in [2.05, 4.69) is 4.98 Å². The van der Waals surface area contributed by atoms with Crippen molar-refractivity contribution >= 4 is 33.2 Å². The smallest absolute Gasteiger partial charge is 0.260 e. The normalized spacial score (nSPS) is 20.0. The first kappa shape index (κ1) is 19.5. The molecule has 0 bridgehead atoms. The lowest BCUT2D eigenvalue weighted by Crippen LogP contribution is -3.27. The molecule has 0 atom stereocenters. The van der Waals surface area contributed by atoms with Gasteiger partial charge >= 0.3 is 0 Å². The van der Waals surface area contributed by atoms with E-state index >= 15 is 0 Å². The van der Waals surface area contributed by atoms with Crippen LogP contribution in [0.25, 0.3) is 10.2 Å². The number of fused-ring (bicyclic) bond motifs is 1. The number of hydrogen-bond acceptors (Lipinski definition) is 3. The highest BCUT2D eigenvalue weighted by atomic mass is 35.5. The number of halogens is 2. The Morgan fingerprint density at radius 2 is 1.86 bits per heavy atom. The van der Waals surface area contributed by atoms with E-state index in [-0.39, 0.29) is 11.4 Å². The van der Waals surface area contributed by atoms with E-state index in [9.17, 15) is 9.18 Å². The van der Waals surface area contributed by atoms with Crippen molar-refractivity contribution in [2.75, 3.05) is 26.2 Å². The number of nitrogens with zero attached hydrogens (tertiary/aromatic N) is 1. The van der Waals surface area contributed by atoms with Gasteiger partial charge < -0.3 is 14.8 Å². The summed E-state index contributed by atoms with van der Waals surface area (Å²) in [6.07, 6.45) is 0. The number of quaternary nitrogens is 2. The third kappa shape index (κ3) is 3.85. The summed E-state index contributed by atoms with van der Waals surface area (Å²) in [5.41, 5.74) is 1.58. The summed E-state index contributed by atoms with van der Waals surface area (Å²) in [5.74, 6) is 0.515. The van der Waals surface area contributed by atoms with Crippen LogP contribution in [-0.2, 0) is 13.1 Å². The van der Waals surface area contributed by atoms with Gasteiger partial charge in [-0.1, -0.05) is 17.7 Å². The average molecular weight is 423 g/mol. The fraction of sp³-hybridized carbons (Fsp3) is 0.400. The van der Waals surface area contributed by atoms with Crippen LogP contribution >= 0.6 is 22.9 Å². The van der Waals surface area contributed by atoms with Gasteiger partial charge in [-0.15, -0.1) is 11.3 Å². The average Bonchev–Trinajstić information content (AvgIpc) is 2.94. The minimum absolute atomic E-state index is 0.0419. The Labute approximate surface area is 171 Å². The molecular formula is C20H24ClFN4OS+2. The molecule has 0 amide bonds. The molecule has 1 aromatic carbocycles. The molecule has 0 aliphatic carbocycles. The summed E-state index contributed by atoms with van der Waals surface area (Å²) >= 11 is 7.74. The van der Waals surface area contributed by atoms with Crippen LogP contribution in [0.15, 0.2) is 23.0 Å². The maximum Gasteiger partial charge on any atom is 0.260 e. The summed E-state index contributed by atoms with van der Waals surface area (Å²) in [4.78, 5) is 24.8. The van der Waals surface area contributed by atoms with Crippen molar-refractivity contribution in [2.24, 2.45) is 0 Å². The molecule has 0 spiro atoms. The zero-order chi connectivity index (χ0) is 19.8. The van der Waals surface area contributed by atoms with Gasteiger partial charge in [0.05, 0.1) is 16.0 Å². The molecule has 2 aromatic heterocycles.